The minimum atomic E-state index is -4.08. The Morgan fingerprint density at radius 1 is 1.31 bits per heavy atom. The molecule has 2 unspecified atom stereocenters. The number of alkyl halides is 3. The normalized spacial score (nSPS) is 25.9. The van der Waals surface area contributed by atoms with E-state index < -0.39 is 12.7 Å². The van der Waals surface area contributed by atoms with E-state index in [-0.39, 0.29) is 6.04 Å². The summed E-state index contributed by atoms with van der Waals surface area (Å²) in [4.78, 5) is 1.45. The molecule has 0 aromatic carbocycles. The fraction of sp³-hybridized carbons (Fsp3) is 1.00. The lowest BCUT2D eigenvalue weighted by molar-refractivity contribution is -0.153. The number of nitrogens with zero attached hydrogens (tertiary/aromatic N) is 1. The molecule has 5 heteroatoms. The first-order chi connectivity index (χ1) is 7.44. The van der Waals surface area contributed by atoms with Crippen molar-refractivity contribution < 1.29 is 13.2 Å². The van der Waals surface area contributed by atoms with Gasteiger partial charge in [0.1, 0.15) is 0 Å². The Hall–Kier alpha value is -0.290. The van der Waals surface area contributed by atoms with Gasteiger partial charge in [-0.2, -0.15) is 13.2 Å². The van der Waals surface area contributed by atoms with Crippen LogP contribution < -0.4 is 5.32 Å². The smallest absolute Gasteiger partial charge is 0.316 e. The molecule has 1 aliphatic rings. The summed E-state index contributed by atoms with van der Waals surface area (Å²) in [7, 11) is 1.57. The summed E-state index contributed by atoms with van der Waals surface area (Å²) in [6.07, 6.45) is -1.07. The first kappa shape index (κ1) is 13.8. The standard InChI is InChI=1S/C11H21F3N2/c1-3-6-15-7-9-4-5-10(9)16(2)8-11(12,13)14/h9-10,15H,3-8H2,1-2H3. The Bertz CT molecular complexity index is 206. The van der Waals surface area contributed by atoms with E-state index in [0.29, 0.717) is 5.92 Å². The Morgan fingerprint density at radius 3 is 2.44 bits per heavy atom. The van der Waals surface area contributed by atoms with Gasteiger partial charge >= 0.3 is 6.18 Å². The van der Waals surface area contributed by atoms with Crippen LogP contribution in [0.25, 0.3) is 0 Å². The fourth-order valence-corrected chi connectivity index (χ4v) is 2.23. The van der Waals surface area contributed by atoms with Crippen molar-refractivity contribution in [3.8, 4) is 0 Å². The zero-order chi connectivity index (χ0) is 12.2. The van der Waals surface area contributed by atoms with E-state index in [4.69, 9.17) is 0 Å². The van der Waals surface area contributed by atoms with Crippen molar-refractivity contribution in [1.29, 1.82) is 0 Å². The Morgan fingerprint density at radius 2 is 2.00 bits per heavy atom. The molecular weight excluding hydrogens is 217 g/mol. The van der Waals surface area contributed by atoms with Gasteiger partial charge in [0.25, 0.3) is 0 Å². The molecule has 0 aromatic rings. The van der Waals surface area contributed by atoms with Crippen LogP contribution in [0.15, 0.2) is 0 Å². The van der Waals surface area contributed by atoms with Crippen molar-refractivity contribution in [2.45, 2.75) is 38.4 Å². The van der Waals surface area contributed by atoms with Crippen molar-refractivity contribution in [3.63, 3.8) is 0 Å². The van der Waals surface area contributed by atoms with Crippen LogP contribution in [-0.4, -0.2) is 43.8 Å². The van der Waals surface area contributed by atoms with E-state index in [1.54, 1.807) is 7.05 Å². The molecule has 1 saturated carbocycles. The second-order valence-electron chi connectivity index (χ2n) is 4.64. The second kappa shape index (κ2) is 5.87. The van der Waals surface area contributed by atoms with E-state index in [0.717, 1.165) is 32.4 Å². The molecule has 0 spiro atoms. The third-order valence-electron chi connectivity index (χ3n) is 3.21. The Kier molecular flexibility index (Phi) is 5.05. The molecule has 0 bridgehead atoms. The zero-order valence-electron chi connectivity index (χ0n) is 9.98. The predicted molar refractivity (Wildman–Crippen MR) is 58.4 cm³/mol. The largest absolute Gasteiger partial charge is 0.401 e. The van der Waals surface area contributed by atoms with Gasteiger partial charge in [0.2, 0.25) is 0 Å². The van der Waals surface area contributed by atoms with E-state index in [2.05, 4.69) is 12.2 Å². The number of hydrogen-bond donors (Lipinski definition) is 1. The molecule has 1 aliphatic carbocycles. The molecule has 0 heterocycles. The summed E-state index contributed by atoms with van der Waals surface area (Å²) < 4.78 is 36.6. The van der Waals surface area contributed by atoms with E-state index >= 15 is 0 Å². The highest BCUT2D eigenvalue weighted by molar-refractivity contribution is 4.89. The molecular formula is C11H21F3N2. The maximum Gasteiger partial charge on any atom is 0.401 e. The van der Waals surface area contributed by atoms with Gasteiger partial charge in [-0.15, -0.1) is 0 Å². The molecule has 0 saturated heterocycles. The minimum Gasteiger partial charge on any atom is -0.316 e. The molecule has 1 N–H and O–H groups in total. The molecule has 0 radical (unpaired) electrons. The fourth-order valence-electron chi connectivity index (χ4n) is 2.23. The van der Waals surface area contributed by atoms with Crippen LogP contribution in [0.4, 0.5) is 13.2 Å². The van der Waals surface area contributed by atoms with Crippen LogP contribution in [0.2, 0.25) is 0 Å². The minimum absolute atomic E-state index is 0.103. The topological polar surface area (TPSA) is 15.3 Å². The predicted octanol–water partition coefficient (Wildman–Crippen LogP) is 2.26. The van der Waals surface area contributed by atoms with Gasteiger partial charge in [0.05, 0.1) is 6.54 Å². The molecule has 2 nitrogen and oxygen atoms in total. The lowest BCUT2D eigenvalue weighted by atomic mass is 9.78. The lowest BCUT2D eigenvalue weighted by Crippen LogP contribution is -2.51. The summed E-state index contributed by atoms with van der Waals surface area (Å²) in [5.74, 6) is 0.388. The van der Waals surface area contributed by atoms with Crippen LogP contribution in [-0.2, 0) is 0 Å². The van der Waals surface area contributed by atoms with E-state index in [9.17, 15) is 13.2 Å². The van der Waals surface area contributed by atoms with Gasteiger partial charge in [-0.05, 0) is 45.3 Å². The SMILES string of the molecule is CCCNCC1CCC1N(C)CC(F)(F)F. The maximum atomic E-state index is 12.2. The third-order valence-corrected chi connectivity index (χ3v) is 3.21. The molecule has 1 rings (SSSR count). The highest BCUT2D eigenvalue weighted by Gasteiger charge is 2.38. The van der Waals surface area contributed by atoms with E-state index in [1.165, 1.54) is 4.90 Å². The maximum absolute atomic E-state index is 12.2. The summed E-state index contributed by atoms with van der Waals surface area (Å²) in [5.41, 5.74) is 0. The Balaban J connectivity index is 2.26. The zero-order valence-corrected chi connectivity index (χ0v) is 9.98. The van der Waals surface area contributed by atoms with Crippen molar-refractivity contribution in [3.05, 3.63) is 0 Å². The number of nitrogens with one attached hydrogen (secondary N) is 1. The quantitative estimate of drug-likeness (QED) is 0.714. The van der Waals surface area contributed by atoms with Gasteiger partial charge in [-0.1, -0.05) is 6.92 Å². The third kappa shape index (κ3) is 4.29. The van der Waals surface area contributed by atoms with Gasteiger partial charge < -0.3 is 5.32 Å². The van der Waals surface area contributed by atoms with Crippen molar-refractivity contribution in [2.24, 2.45) is 5.92 Å². The van der Waals surface area contributed by atoms with Crippen molar-refractivity contribution in [2.75, 3.05) is 26.7 Å². The van der Waals surface area contributed by atoms with Crippen LogP contribution in [0.5, 0.6) is 0 Å². The lowest BCUT2D eigenvalue weighted by Gasteiger charge is -2.43. The van der Waals surface area contributed by atoms with Crippen LogP contribution in [0.3, 0.4) is 0 Å². The average Bonchev–Trinajstić information content (AvgIpc) is 2.07. The van der Waals surface area contributed by atoms with Gasteiger partial charge in [0, 0.05) is 6.04 Å². The molecule has 0 aliphatic heterocycles. The molecule has 1 fully saturated rings. The number of hydrogen-bond acceptors (Lipinski definition) is 2. The van der Waals surface area contributed by atoms with Gasteiger partial charge in [-0.25, -0.2) is 0 Å². The summed E-state index contributed by atoms with van der Waals surface area (Å²) in [5, 5.41) is 3.28. The highest BCUT2D eigenvalue weighted by Crippen LogP contribution is 2.32. The number of rotatable bonds is 6. The average molecular weight is 238 g/mol. The van der Waals surface area contributed by atoms with Gasteiger partial charge in [0.15, 0.2) is 0 Å². The van der Waals surface area contributed by atoms with Crippen LogP contribution in [0, 0.1) is 5.92 Å². The monoisotopic (exact) mass is 238 g/mol. The first-order valence-electron chi connectivity index (χ1n) is 5.91. The molecule has 0 aromatic heterocycles. The first-order valence-corrected chi connectivity index (χ1v) is 5.91. The van der Waals surface area contributed by atoms with Crippen LogP contribution in [0.1, 0.15) is 26.2 Å². The highest BCUT2D eigenvalue weighted by atomic mass is 19.4. The molecule has 0 amide bonds. The molecule has 16 heavy (non-hydrogen) atoms. The second-order valence-corrected chi connectivity index (χ2v) is 4.64. The molecule has 96 valence electrons. The van der Waals surface area contributed by atoms with Crippen molar-refractivity contribution in [1.82, 2.24) is 10.2 Å². The molecule has 2 atom stereocenters. The van der Waals surface area contributed by atoms with Crippen LogP contribution >= 0.6 is 0 Å². The van der Waals surface area contributed by atoms with E-state index in [1.807, 2.05) is 0 Å². The van der Waals surface area contributed by atoms with Gasteiger partial charge in [-0.3, -0.25) is 4.90 Å². The summed E-state index contributed by atoms with van der Waals surface area (Å²) in [6.45, 7) is 3.09. The van der Waals surface area contributed by atoms with Crippen molar-refractivity contribution >= 4 is 0 Å². The number of halogens is 3. The summed E-state index contributed by atoms with van der Waals surface area (Å²) in [6, 6.07) is 0.103. The Labute approximate surface area is 95.2 Å². The summed E-state index contributed by atoms with van der Waals surface area (Å²) >= 11 is 0.